The number of nitrogens with one attached hydrogen (secondary N) is 1. The minimum atomic E-state index is 0.469. The monoisotopic (exact) mass is 209 g/mol. The first-order valence-corrected chi connectivity index (χ1v) is 6.01. The fraction of sp³-hybridized carbons (Fsp3) is 0.750. The summed E-state index contributed by atoms with van der Waals surface area (Å²) in [5.41, 5.74) is 1.32. The van der Waals surface area contributed by atoms with Crippen LogP contribution in [0.25, 0.3) is 0 Å². The van der Waals surface area contributed by atoms with Crippen LogP contribution in [0.15, 0.2) is 12.4 Å². The third kappa shape index (κ3) is 3.67. The molecule has 0 fully saturated rings. The Hall–Kier alpha value is -0.830. The molecular formula is C12H23N3. The molecule has 0 aliphatic carbocycles. The van der Waals surface area contributed by atoms with Crippen molar-refractivity contribution in [2.75, 3.05) is 7.05 Å². The molecule has 3 heteroatoms. The zero-order valence-corrected chi connectivity index (χ0v) is 10.2. The minimum Gasteiger partial charge on any atom is -0.313 e. The molecule has 86 valence electrons. The van der Waals surface area contributed by atoms with Crippen molar-refractivity contribution in [3.05, 3.63) is 18.0 Å². The lowest BCUT2D eigenvalue weighted by Gasteiger charge is -2.13. The summed E-state index contributed by atoms with van der Waals surface area (Å²) in [6, 6.07) is 0.469. The largest absolute Gasteiger partial charge is 0.313 e. The highest BCUT2D eigenvalue weighted by Gasteiger charge is 2.10. The van der Waals surface area contributed by atoms with Crippen LogP contribution < -0.4 is 5.32 Å². The van der Waals surface area contributed by atoms with Crippen molar-refractivity contribution in [1.29, 1.82) is 0 Å². The van der Waals surface area contributed by atoms with Gasteiger partial charge < -0.3 is 5.32 Å². The van der Waals surface area contributed by atoms with Crippen molar-refractivity contribution in [1.82, 2.24) is 15.1 Å². The summed E-state index contributed by atoms with van der Waals surface area (Å²) in [5, 5.41) is 7.67. The molecule has 0 bridgehead atoms. The van der Waals surface area contributed by atoms with Crippen LogP contribution in [0.4, 0.5) is 0 Å². The molecule has 1 N–H and O–H groups in total. The van der Waals surface area contributed by atoms with Crippen LogP contribution >= 0.6 is 0 Å². The minimum absolute atomic E-state index is 0.469. The van der Waals surface area contributed by atoms with E-state index in [0.717, 1.165) is 6.54 Å². The van der Waals surface area contributed by atoms with Crippen molar-refractivity contribution in [3.8, 4) is 0 Å². The summed E-state index contributed by atoms with van der Waals surface area (Å²) in [7, 11) is 2.03. The van der Waals surface area contributed by atoms with Crippen molar-refractivity contribution in [2.45, 2.75) is 52.1 Å². The molecular weight excluding hydrogens is 186 g/mol. The van der Waals surface area contributed by atoms with Gasteiger partial charge in [-0.05, 0) is 20.4 Å². The van der Waals surface area contributed by atoms with Gasteiger partial charge in [0.1, 0.15) is 0 Å². The van der Waals surface area contributed by atoms with Gasteiger partial charge in [-0.2, -0.15) is 5.10 Å². The summed E-state index contributed by atoms with van der Waals surface area (Å²) in [4.78, 5) is 0. The van der Waals surface area contributed by atoms with E-state index in [2.05, 4.69) is 30.5 Å². The standard InChI is InChI=1S/C12H23N3/c1-4-6-7-8-12(13-3)11-9-14-15(5-2)10-11/h9-10,12-13H,4-8H2,1-3H3. The Morgan fingerprint density at radius 3 is 2.73 bits per heavy atom. The third-order valence-corrected chi connectivity index (χ3v) is 2.82. The van der Waals surface area contributed by atoms with E-state index in [4.69, 9.17) is 0 Å². The molecule has 0 aromatic carbocycles. The summed E-state index contributed by atoms with van der Waals surface area (Å²) < 4.78 is 1.99. The van der Waals surface area contributed by atoms with Crippen molar-refractivity contribution in [3.63, 3.8) is 0 Å². The van der Waals surface area contributed by atoms with E-state index >= 15 is 0 Å². The van der Waals surface area contributed by atoms with E-state index in [1.807, 2.05) is 17.9 Å². The first-order chi connectivity index (χ1) is 7.31. The average Bonchev–Trinajstić information content (AvgIpc) is 2.73. The zero-order valence-electron chi connectivity index (χ0n) is 10.2. The normalized spacial score (nSPS) is 13.0. The van der Waals surface area contributed by atoms with Crippen LogP contribution in [0, 0.1) is 0 Å². The van der Waals surface area contributed by atoms with Crippen molar-refractivity contribution < 1.29 is 0 Å². The Bertz CT molecular complexity index is 268. The van der Waals surface area contributed by atoms with Gasteiger partial charge in [0, 0.05) is 24.3 Å². The van der Waals surface area contributed by atoms with Crippen LogP contribution in [0.2, 0.25) is 0 Å². The number of nitrogens with zero attached hydrogens (tertiary/aromatic N) is 2. The number of unbranched alkanes of at least 4 members (excludes halogenated alkanes) is 2. The molecule has 0 aliphatic rings. The highest BCUT2D eigenvalue weighted by molar-refractivity contribution is 5.10. The highest BCUT2D eigenvalue weighted by Crippen LogP contribution is 2.18. The predicted molar refractivity (Wildman–Crippen MR) is 63.8 cm³/mol. The number of hydrogen-bond donors (Lipinski definition) is 1. The average molecular weight is 209 g/mol. The molecule has 0 radical (unpaired) electrons. The molecule has 1 aromatic heterocycles. The molecule has 15 heavy (non-hydrogen) atoms. The van der Waals surface area contributed by atoms with Gasteiger partial charge in [-0.15, -0.1) is 0 Å². The molecule has 0 saturated carbocycles. The highest BCUT2D eigenvalue weighted by atomic mass is 15.3. The maximum Gasteiger partial charge on any atom is 0.0537 e. The second-order valence-corrected chi connectivity index (χ2v) is 3.97. The molecule has 0 saturated heterocycles. The van der Waals surface area contributed by atoms with Crippen LogP contribution in [-0.2, 0) is 6.54 Å². The van der Waals surface area contributed by atoms with Crippen molar-refractivity contribution >= 4 is 0 Å². The molecule has 1 heterocycles. The van der Waals surface area contributed by atoms with Crippen LogP contribution in [0.1, 0.15) is 51.1 Å². The third-order valence-electron chi connectivity index (χ3n) is 2.82. The molecule has 1 aromatic rings. The number of aromatic nitrogens is 2. The zero-order chi connectivity index (χ0) is 11.1. The first kappa shape index (κ1) is 12.2. The topological polar surface area (TPSA) is 29.9 Å². The van der Waals surface area contributed by atoms with Gasteiger partial charge in [-0.25, -0.2) is 0 Å². The van der Waals surface area contributed by atoms with Gasteiger partial charge in [0.25, 0.3) is 0 Å². The Morgan fingerprint density at radius 2 is 2.20 bits per heavy atom. The number of aryl methyl sites for hydroxylation is 1. The van der Waals surface area contributed by atoms with Gasteiger partial charge in [0.05, 0.1) is 6.20 Å². The van der Waals surface area contributed by atoms with E-state index in [1.54, 1.807) is 0 Å². The van der Waals surface area contributed by atoms with Crippen LogP contribution in [-0.4, -0.2) is 16.8 Å². The van der Waals surface area contributed by atoms with Crippen molar-refractivity contribution in [2.24, 2.45) is 0 Å². The van der Waals surface area contributed by atoms with E-state index in [-0.39, 0.29) is 0 Å². The van der Waals surface area contributed by atoms with E-state index < -0.39 is 0 Å². The van der Waals surface area contributed by atoms with E-state index in [1.165, 1.54) is 31.2 Å². The number of hydrogen-bond acceptors (Lipinski definition) is 2. The molecule has 0 spiro atoms. The Morgan fingerprint density at radius 1 is 1.40 bits per heavy atom. The van der Waals surface area contributed by atoms with Gasteiger partial charge in [-0.1, -0.05) is 26.2 Å². The van der Waals surface area contributed by atoms with Gasteiger partial charge in [0.2, 0.25) is 0 Å². The Labute approximate surface area is 92.9 Å². The fourth-order valence-corrected chi connectivity index (χ4v) is 1.81. The molecule has 0 aliphatic heterocycles. The molecule has 1 unspecified atom stereocenters. The molecule has 1 rings (SSSR count). The first-order valence-electron chi connectivity index (χ1n) is 6.01. The predicted octanol–water partition coefficient (Wildman–Crippen LogP) is 2.74. The summed E-state index contributed by atoms with van der Waals surface area (Å²) >= 11 is 0. The summed E-state index contributed by atoms with van der Waals surface area (Å²) in [5.74, 6) is 0. The SMILES string of the molecule is CCCCCC(NC)c1cnn(CC)c1. The Balaban J connectivity index is 2.49. The van der Waals surface area contributed by atoms with Gasteiger partial charge >= 0.3 is 0 Å². The second-order valence-electron chi connectivity index (χ2n) is 3.97. The molecule has 1 atom stereocenters. The smallest absolute Gasteiger partial charge is 0.0537 e. The van der Waals surface area contributed by atoms with Gasteiger partial charge in [0.15, 0.2) is 0 Å². The van der Waals surface area contributed by atoms with Crippen LogP contribution in [0.5, 0.6) is 0 Å². The lowest BCUT2D eigenvalue weighted by Crippen LogP contribution is -2.15. The van der Waals surface area contributed by atoms with E-state index in [9.17, 15) is 0 Å². The van der Waals surface area contributed by atoms with Gasteiger partial charge in [-0.3, -0.25) is 4.68 Å². The summed E-state index contributed by atoms with van der Waals surface area (Å²) in [6.07, 6.45) is 9.23. The lowest BCUT2D eigenvalue weighted by atomic mass is 10.0. The maximum absolute atomic E-state index is 4.31. The molecule has 0 amide bonds. The number of rotatable bonds is 7. The molecule has 3 nitrogen and oxygen atoms in total. The van der Waals surface area contributed by atoms with E-state index in [0.29, 0.717) is 6.04 Å². The fourth-order valence-electron chi connectivity index (χ4n) is 1.81. The Kier molecular flexibility index (Phi) is 5.40. The van der Waals surface area contributed by atoms with Crippen LogP contribution in [0.3, 0.4) is 0 Å². The quantitative estimate of drug-likeness (QED) is 0.700. The summed E-state index contributed by atoms with van der Waals surface area (Å²) in [6.45, 7) is 5.30. The second kappa shape index (κ2) is 6.62. The lowest BCUT2D eigenvalue weighted by molar-refractivity contribution is 0.511. The maximum atomic E-state index is 4.31.